The molecule has 2 atom stereocenters. The number of nitrogens with two attached hydrogens (primary N) is 1. The van der Waals surface area contributed by atoms with E-state index in [2.05, 4.69) is 27.3 Å². The molecule has 3 rings (SSSR count). The minimum atomic E-state index is -0.410. The number of hydrogen-bond acceptors (Lipinski definition) is 3. The van der Waals surface area contributed by atoms with Gasteiger partial charge in [-0.1, -0.05) is 24.3 Å². The number of guanidine groups is 1. The zero-order valence-electron chi connectivity index (χ0n) is 17.9. The third-order valence-electron chi connectivity index (χ3n) is 5.59. The number of carbonyl (C=O) groups excluding carboxylic acids is 1. The first-order chi connectivity index (χ1) is 14.5. The molecule has 3 N–H and O–H groups in total. The maximum Gasteiger partial charge on any atom is 0.222 e. The van der Waals surface area contributed by atoms with Crippen molar-refractivity contribution in [2.45, 2.75) is 18.8 Å². The topological polar surface area (TPSA) is 79.9 Å². The third kappa shape index (κ3) is 6.81. The molecule has 0 saturated carbocycles. The van der Waals surface area contributed by atoms with Gasteiger partial charge in [-0.05, 0) is 48.2 Å². The second-order valence-corrected chi connectivity index (χ2v) is 7.56. The number of ether oxygens (including phenoxy) is 1. The number of methoxy groups -OCH3 is 1. The Morgan fingerprint density at radius 2 is 1.94 bits per heavy atom. The summed E-state index contributed by atoms with van der Waals surface area (Å²) in [6.07, 6.45) is 1.48. The first-order valence-corrected chi connectivity index (χ1v) is 10.1. The highest BCUT2D eigenvalue weighted by atomic mass is 127. The Kier molecular flexibility index (Phi) is 9.54. The second kappa shape index (κ2) is 11.9. The van der Waals surface area contributed by atoms with Crippen LogP contribution >= 0.6 is 24.0 Å². The summed E-state index contributed by atoms with van der Waals surface area (Å²) in [5.74, 6) is 0.932. The van der Waals surface area contributed by atoms with Crippen molar-refractivity contribution in [3.05, 3.63) is 65.5 Å². The van der Waals surface area contributed by atoms with Gasteiger partial charge in [0.05, 0.1) is 13.0 Å². The van der Waals surface area contributed by atoms with Crippen molar-refractivity contribution in [2.24, 2.45) is 16.6 Å². The number of nitrogens with zero attached hydrogens (tertiary/aromatic N) is 2. The molecule has 6 nitrogen and oxygen atoms in total. The van der Waals surface area contributed by atoms with Crippen LogP contribution in [0.4, 0.5) is 4.39 Å². The van der Waals surface area contributed by atoms with Gasteiger partial charge in [-0.25, -0.2) is 4.39 Å². The molecular formula is C23H30FIN4O2. The SMILES string of the molecule is CN=C(NCC(Cc1ccc(F)cc1)C(N)=O)N1CCC(c2ccc(OC)cc2)C1.I. The molecule has 1 saturated heterocycles. The number of aliphatic imine (C=N–C) groups is 1. The average molecular weight is 540 g/mol. The molecule has 1 aliphatic heterocycles. The van der Waals surface area contributed by atoms with E-state index in [-0.39, 0.29) is 35.7 Å². The van der Waals surface area contributed by atoms with Crippen LogP contribution in [0.15, 0.2) is 53.5 Å². The fourth-order valence-corrected chi connectivity index (χ4v) is 3.83. The normalized spacial score (nSPS) is 17.1. The van der Waals surface area contributed by atoms with Crippen molar-refractivity contribution in [3.63, 3.8) is 0 Å². The second-order valence-electron chi connectivity index (χ2n) is 7.56. The summed E-state index contributed by atoms with van der Waals surface area (Å²) in [6, 6.07) is 14.3. The molecule has 0 aliphatic carbocycles. The number of halogens is 2. The Balaban J connectivity index is 0.00000341. The van der Waals surface area contributed by atoms with Gasteiger partial charge in [-0.3, -0.25) is 9.79 Å². The monoisotopic (exact) mass is 540 g/mol. The minimum absolute atomic E-state index is 0. The highest BCUT2D eigenvalue weighted by Gasteiger charge is 2.27. The Bertz CT molecular complexity index is 874. The number of amides is 1. The van der Waals surface area contributed by atoms with Crippen LogP contribution in [0, 0.1) is 11.7 Å². The Hall–Kier alpha value is -2.36. The van der Waals surface area contributed by atoms with Gasteiger partial charge >= 0.3 is 0 Å². The number of benzene rings is 2. The molecule has 0 aromatic heterocycles. The van der Waals surface area contributed by atoms with Crippen LogP contribution in [0.5, 0.6) is 5.75 Å². The average Bonchev–Trinajstić information content (AvgIpc) is 3.24. The van der Waals surface area contributed by atoms with E-state index in [9.17, 15) is 9.18 Å². The molecule has 168 valence electrons. The molecule has 2 unspecified atom stereocenters. The first kappa shape index (κ1) is 24.9. The van der Waals surface area contributed by atoms with Gasteiger partial charge in [0.15, 0.2) is 5.96 Å². The highest BCUT2D eigenvalue weighted by molar-refractivity contribution is 14.0. The molecule has 2 aromatic carbocycles. The molecule has 0 radical (unpaired) electrons. The van der Waals surface area contributed by atoms with Gasteiger partial charge in [-0.2, -0.15) is 0 Å². The molecule has 1 amide bonds. The van der Waals surface area contributed by atoms with E-state index in [0.717, 1.165) is 36.8 Å². The molecular weight excluding hydrogens is 510 g/mol. The number of hydrogen-bond donors (Lipinski definition) is 2. The van der Waals surface area contributed by atoms with Gasteiger partial charge < -0.3 is 20.7 Å². The predicted molar refractivity (Wildman–Crippen MR) is 131 cm³/mol. The number of rotatable bonds is 7. The van der Waals surface area contributed by atoms with E-state index in [0.29, 0.717) is 18.9 Å². The number of likely N-dealkylation sites (tertiary alicyclic amines) is 1. The predicted octanol–water partition coefficient (Wildman–Crippen LogP) is 3.16. The van der Waals surface area contributed by atoms with Crippen molar-refractivity contribution >= 4 is 35.8 Å². The standard InChI is InChI=1S/C23H29FN4O2.HI/c1-26-23(27-14-19(22(25)29)13-16-3-7-20(24)8-4-16)28-12-11-18(15-28)17-5-9-21(30-2)10-6-17;/h3-10,18-19H,11-15H2,1-2H3,(H2,25,29)(H,26,27);1H. The molecule has 1 aliphatic rings. The summed E-state index contributed by atoms with van der Waals surface area (Å²) in [4.78, 5) is 18.5. The highest BCUT2D eigenvalue weighted by Crippen LogP contribution is 2.28. The van der Waals surface area contributed by atoms with Crippen LogP contribution in [0.1, 0.15) is 23.5 Å². The number of nitrogens with one attached hydrogen (secondary N) is 1. The summed E-state index contributed by atoms with van der Waals surface area (Å²) in [5.41, 5.74) is 7.75. The van der Waals surface area contributed by atoms with E-state index in [4.69, 9.17) is 10.5 Å². The zero-order valence-corrected chi connectivity index (χ0v) is 20.2. The molecule has 31 heavy (non-hydrogen) atoms. The lowest BCUT2D eigenvalue weighted by Gasteiger charge is -2.24. The molecule has 1 fully saturated rings. The van der Waals surface area contributed by atoms with Crippen LogP contribution in [0.3, 0.4) is 0 Å². The van der Waals surface area contributed by atoms with Crippen molar-refractivity contribution in [1.29, 1.82) is 0 Å². The van der Waals surface area contributed by atoms with E-state index in [1.165, 1.54) is 17.7 Å². The van der Waals surface area contributed by atoms with Crippen LogP contribution in [0.25, 0.3) is 0 Å². The van der Waals surface area contributed by atoms with Gasteiger partial charge in [0.25, 0.3) is 0 Å². The van der Waals surface area contributed by atoms with Crippen molar-refractivity contribution in [1.82, 2.24) is 10.2 Å². The lowest BCUT2D eigenvalue weighted by molar-refractivity contribution is -0.121. The van der Waals surface area contributed by atoms with Gasteiger partial charge in [0.1, 0.15) is 11.6 Å². The van der Waals surface area contributed by atoms with Gasteiger partial charge in [0.2, 0.25) is 5.91 Å². The van der Waals surface area contributed by atoms with Gasteiger partial charge in [-0.15, -0.1) is 24.0 Å². The lowest BCUT2D eigenvalue weighted by atomic mass is 9.98. The fourth-order valence-electron chi connectivity index (χ4n) is 3.83. The van der Waals surface area contributed by atoms with Crippen LogP contribution < -0.4 is 15.8 Å². The van der Waals surface area contributed by atoms with E-state index >= 15 is 0 Å². The third-order valence-corrected chi connectivity index (χ3v) is 5.59. The number of carbonyl (C=O) groups is 1. The van der Waals surface area contributed by atoms with Crippen molar-refractivity contribution in [3.8, 4) is 5.75 Å². The molecule has 1 heterocycles. The maximum atomic E-state index is 13.1. The Morgan fingerprint density at radius 1 is 1.26 bits per heavy atom. The van der Waals surface area contributed by atoms with E-state index in [1.54, 1.807) is 26.3 Å². The van der Waals surface area contributed by atoms with Crippen LogP contribution in [-0.2, 0) is 11.2 Å². The van der Waals surface area contributed by atoms with Crippen LogP contribution in [-0.4, -0.2) is 50.6 Å². The summed E-state index contributed by atoms with van der Waals surface area (Å²) >= 11 is 0. The molecule has 0 spiro atoms. The van der Waals surface area contributed by atoms with Crippen molar-refractivity contribution < 1.29 is 13.9 Å². The largest absolute Gasteiger partial charge is 0.497 e. The van der Waals surface area contributed by atoms with E-state index in [1.807, 2.05) is 12.1 Å². The fraction of sp³-hybridized carbons (Fsp3) is 0.391. The number of primary amides is 1. The molecule has 8 heteroatoms. The summed E-state index contributed by atoms with van der Waals surface area (Å²) < 4.78 is 18.4. The maximum absolute atomic E-state index is 13.1. The smallest absolute Gasteiger partial charge is 0.222 e. The molecule has 2 aromatic rings. The minimum Gasteiger partial charge on any atom is -0.497 e. The first-order valence-electron chi connectivity index (χ1n) is 10.1. The summed E-state index contributed by atoms with van der Waals surface area (Å²) in [7, 11) is 3.40. The Labute approximate surface area is 200 Å². The summed E-state index contributed by atoms with van der Waals surface area (Å²) in [5, 5.41) is 3.30. The van der Waals surface area contributed by atoms with Crippen molar-refractivity contribution in [2.75, 3.05) is 33.8 Å². The quantitative estimate of drug-likeness (QED) is 0.322. The van der Waals surface area contributed by atoms with Crippen LogP contribution in [0.2, 0.25) is 0 Å². The van der Waals surface area contributed by atoms with E-state index < -0.39 is 5.92 Å². The summed E-state index contributed by atoms with van der Waals surface area (Å²) in [6.45, 7) is 2.11. The lowest BCUT2D eigenvalue weighted by Crippen LogP contribution is -2.44. The molecule has 0 bridgehead atoms. The van der Waals surface area contributed by atoms with Gasteiger partial charge in [0, 0.05) is 32.6 Å². The Morgan fingerprint density at radius 3 is 2.52 bits per heavy atom. The zero-order chi connectivity index (χ0) is 21.5.